The number of nitrogens with one attached hydrogen (secondary N) is 2. The third-order valence-corrected chi connectivity index (χ3v) is 10.7. The van der Waals surface area contributed by atoms with E-state index in [-0.39, 0.29) is 41.0 Å². The number of morpholine rings is 1. The number of thioether (sulfide) groups is 1. The number of fused-ring (bicyclic) bond motifs is 1. The van der Waals surface area contributed by atoms with Crippen LogP contribution in [-0.2, 0) is 44.2 Å². The van der Waals surface area contributed by atoms with E-state index in [1.165, 1.54) is 30.1 Å². The third-order valence-electron chi connectivity index (χ3n) is 7.93. The molecule has 2 fully saturated rings. The molecule has 47 heavy (non-hydrogen) atoms. The number of nitrogens with zero attached hydrogens (tertiary/aromatic N) is 3. The van der Waals surface area contributed by atoms with Crippen LogP contribution >= 0.6 is 11.8 Å². The van der Waals surface area contributed by atoms with Gasteiger partial charge in [0.2, 0.25) is 15.9 Å². The maximum Gasteiger partial charge on any atom is 0.353 e. The number of benzene rings is 1. The van der Waals surface area contributed by atoms with Crippen molar-refractivity contribution in [1.82, 2.24) is 19.8 Å². The highest BCUT2D eigenvalue weighted by Gasteiger charge is 2.54. The lowest BCUT2D eigenvalue weighted by Crippen LogP contribution is -2.70. The summed E-state index contributed by atoms with van der Waals surface area (Å²) >= 11 is 1.27. The molecule has 4 N–H and O–H groups in total. The second kappa shape index (κ2) is 15.6. The number of carboxylic acids is 2. The summed E-state index contributed by atoms with van der Waals surface area (Å²) < 4.78 is 33.2. The van der Waals surface area contributed by atoms with E-state index in [2.05, 4.69) is 20.1 Å². The van der Waals surface area contributed by atoms with E-state index >= 15 is 0 Å². The fourth-order valence-corrected chi connectivity index (χ4v) is 7.75. The number of rotatable bonds is 15. The van der Waals surface area contributed by atoms with E-state index in [0.29, 0.717) is 31.9 Å². The number of β-lactam (4-membered cyclic amide) rings is 1. The quantitative estimate of drug-likeness (QED) is 0.0877. The Morgan fingerprint density at radius 2 is 1.85 bits per heavy atom. The molecule has 0 aromatic heterocycles. The molecule has 4 rings (SSSR count). The molecule has 1 unspecified atom stereocenters. The molecule has 3 heterocycles. The average molecular weight is 696 g/mol. The molecule has 3 aliphatic heterocycles. The molecule has 0 bridgehead atoms. The molecule has 2 saturated heterocycles. The van der Waals surface area contributed by atoms with Gasteiger partial charge in [-0.3, -0.25) is 24.2 Å². The van der Waals surface area contributed by atoms with Crippen LogP contribution in [0.1, 0.15) is 45.6 Å². The molecule has 1 aromatic carbocycles. The zero-order valence-electron chi connectivity index (χ0n) is 26.5. The van der Waals surface area contributed by atoms with Gasteiger partial charge in [0, 0.05) is 37.4 Å². The first-order valence-electron chi connectivity index (χ1n) is 15.2. The van der Waals surface area contributed by atoms with E-state index in [0.717, 1.165) is 23.6 Å². The number of hydrogen-bond acceptors (Lipinski definition) is 11. The van der Waals surface area contributed by atoms with Crippen molar-refractivity contribution in [3.05, 3.63) is 41.1 Å². The zero-order chi connectivity index (χ0) is 34.4. The van der Waals surface area contributed by atoms with Crippen molar-refractivity contribution in [3.63, 3.8) is 0 Å². The van der Waals surface area contributed by atoms with E-state index in [1.54, 1.807) is 12.1 Å². The SMILES string of the molecule is CC(C)(C)c1ccc(S(=O)(=O)NC(CCCC(=O)N[C@@H]2C(=O)N3C(C(=O)O)=C(C=NOCCN4CCOCC4)CS[C@@H]23)C(=O)O)cc1. The first kappa shape index (κ1) is 36.3. The van der Waals surface area contributed by atoms with Crippen LogP contribution in [0.25, 0.3) is 0 Å². The van der Waals surface area contributed by atoms with Crippen molar-refractivity contribution in [2.75, 3.05) is 45.2 Å². The minimum absolute atomic E-state index is 0.0170. The molecular formula is C30H41N5O10S2. The number of sulfonamides is 1. The number of carbonyl (C=O) groups excluding carboxylic acids is 2. The van der Waals surface area contributed by atoms with Crippen LogP contribution in [-0.4, -0.2) is 121 Å². The Hall–Kier alpha value is -3.51. The standard InChI is InChI=1S/C30H41N5O10S2/c1-30(2,3)20-7-9-21(10-8-20)47(42,43)33-22(28(38)39)5-4-6-23(36)32-24-26(37)35-25(29(40)41)19(18-46-27(24)35)17-31-45-16-13-34-11-14-44-15-12-34/h7-10,17,22,24,27,33H,4-6,11-16,18H2,1-3H3,(H,32,36)(H,38,39)(H,40,41)/t22?,24-,27+/m1/s1. The van der Waals surface area contributed by atoms with Gasteiger partial charge in [-0.2, -0.15) is 4.72 Å². The number of hydrogen-bond donors (Lipinski definition) is 4. The third kappa shape index (κ3) is 9.31. The fraction of sp³-hybridized carbons (Fsp3) is 0.567. The van der Waals surface area contributed by atoms with Crippen molar-refractivity contribution < 1.29 is 47.4 Å². The predicted octanol–water partition coefficient (Wildman–Crippen LogP) is 0.959. The minimum atomic E-state index is -4.14. The monoisotopic (exact) mass is 695 g/mol. The van der Waals surface area contributed by atoms with Gasteiger partial charge in [0.1, 0.15) is 29.8 Å². The summed E-state index contributed by atoms with van der Waals surface area (Å²) in [4.78, 5) is 58.0. The Morgan fingerprint density at radius 1 is 1.17 bits per heavy atom. The number of oxime groups is 1. The molecule has 3 aliphatic rings. The van der Waals surface area contributed by atoms with Gasteiger partial charge in [0.05, 0.1) is 24.3 Å². The first-order chi connectivity index (χ1) is 22.2. The topological polar surface area (TPSA) is 204 Å². The summed E-state index contributed by atoms with van der Waals surface area (Å²) in [6.45, 7) is 9.82. The van der Waals surface area contributed by atoms with Crippen LogP contribution in [0, 0.1) is 0 Å². The highest BCUT2D eigenvalue weighted by Crippen LogP contribution is 2.40. The Balaban J connectivity index is 1.26. The molecule has 2 amide bonds. The van der Waals surface area contributed by atoms with Gasteiger partial charge in [-0.25, -0.2) is 13.2 Å². The average Bonchev–Trinajstić information content (AvgIpc) is 3.02. The first-order valence-corrected chi connectivity index (χ1v) is 17.7. The van der Waals surface area contributed by atoms with Crippen molar-refractivity contribution >= 4 is 51.8 Å². The van der Waals surface area contributed by atoms with Crippen LogP contribution in [0.4, 0.5) is 0 Å². The molecule has 15 nitrogen and oxygen atoms in total. The Kier molecular flexibility index (Phi) is 12.1. The fourth-order valence-electron chi connectivity index (χ4n) is 5.23. The highest BCUT2D eigenvalue weighted by molar-refractivity contribution is 8.00. The Morgan fingerprint density at radius 3 is 2.47 bits per heavy atom. The summed E-state index contributed by atoms with van der Waals surface area (Å²) in [6, 6.07) is 3.75. The molecule has 0 spiro atoms. The predicted molar refractivity (Wildman–Crippen MR) is 172 cm³/mol. The minimum Gasteiger partial charge on any atom is -0.480 e. The van der Waals surface area contributed by atoms with Gasteiger partial charge < -0.3 is 25.1 Å². The number of carboxylic acid groups (broad SMARTS) is 2. The maximum atomic E-state index is 12.9. The van der Waals surface area contributed by atoms with Crippen molar-refractivity contribution in [2.45, 2.75) is 67.8 Å². The smallest absolute Gasteiger partial charge is 0.353 e. The van der Waals surface area contributed by atoms with Gasteiger partial charge in [-0.15, -0.1) is 11.8 Å². The van der Waals surface area contributed by atoms with Crippen LogP contribution in [0.2, 0.25) is 0 Å². The van der Waals surface area contributed by atoms with Gasteiger partial charge >= 0.3 is 11.9 Å². The van der Waals surface area contributed by atoms with Crippen LogP contribution in [0.3, 0.4) is 0 Å². The molecule has 258 valence electrons. The van der Waals surface area contributed by atoms with E-state index in [1.807, 2.05) is 20.8 Å². The van der Waals surface area contributed by atoms with E-state index in [4.69, 9.17) is 9.57 Å². The van der Waals surface area contributed by atoms with Crippen molar-refractivity contribution in [3.8, 4) is 0 Å². The van der Waals surface area contributed by atoms with Crippen LogP contribution in [0.15, 0.2) is 45.6 Å². The van der Waals surface area contributed by atoms with Gasteiger partial charge in [0.15, 0.2) is 0 Å². The lowest BCUT2D eigenvalue weighted by molar-refractivity contribution is -0.150. The summed E-state index contributed by atoms with van der Waals surface area (Å²) in [5, 5.41) is 25.3. The Bertz CT molecular complexity index is 1500. The normalized spacial score (nSPS) is 21.3. The van der Waals surface area contributed by atoms with Crippen LogP contribution in [0.5, 0.6) is 0 Å². The van der Waals surface area contributed by atoms with Crippen LogP contribution < -0.4 is 10.0 Å². The molecule has 17 heteroatoms. The maximum absolute atomic E-state index is 12.9. The van der Waals surface area contributed by atoms with Gasteiger partial charge in [-0.05, 0) is 36.0 Å². The molecule has 3 atom stereocenters. The molecule has 1 aromatic rings. The number of amides is 2. The lowest BCUT2D eigenvalue weighted by atomic mass is 9.87. The highest BCUT2D eigenvalue weighted by atomic mass is 32.2. The molecule has 0 saturated carbocycles. The van der Waals surface area contributed by atoms with Crippen molar-refractivity contribution in [1.29, 1.82) is 0 Å². The lowest BCUT2D eigenvalue weighted by Gasteiger charge is -2.49. The van der Waals surface area contributed by atoms with Gasteiger partial charge in [-0.1, -0.05) is 38.1 Å². The summed E-state index contributed by atoms with van der Waals surface area (Å²) in [5.74, 6) is -3.62. The van der Waals surface area contributed by atoms with Crippen molar-refractivity contribution in [2.24, 2.45) is 5.16 Å². The Labute approximate surface area is 277 Å². The second-order valence-electron chi connectivity index (χ2n) is 12.3. The molecular weight excluding hydrogens is 654 g/mol. The number of carbonyl (C=O) groups is 4. The number of aliphatic carboxylic acids is 2. The summed E-state index contributed by atoms with van der Waals surface area (Å²) in [7, 11) is -4.14. The number of ether oxygens (including phenoxy) is 1. The van der Waals surface area contributed by atoms with E-state index in [9.17, 15) is 37.8 Å². The summed E-state index contributed by atoms with van der Waals surface area (Å²) in [6.07, 6.45) is 0.963. The molecule has 0 aliphatic carbocycles. The largest absolute Gasteiger partial charge is 0.480 e. The molecule has 0 radical (unpaired) electrons. The van der Waals surface area contributed by atoms with E-state index < -0.39 is 51.2 Å². The van der Waals surface area contributed by atoms with Gasteiger partial charge in [0.25, 0.3) is 5.91 Å². The second-order valence-corrected chi connectivity index (χ2v) is 15.2. The zero-order valence-corrected chi connectivity index (χ0v) is 28.1. The summed E-state index contributed by atoms with van der Waals surface area (Å²) in [5.41, 5.74) is 0.801.